The van der Waals surface area contributed by atoms with Crippen molar-refractivity contribution in [3.05, 3.63) is 38.7 Å². The minimum absolute atomic E-state index is 0.185. The van der Waals surface area contributed by atoms with Crippen LogP contribution in [0.2, 0.25) is 0 Å². The zero-order valence-electron chi connectivity index (χ0n) is 6.44. The van der Waals surface area contributed by atoms with E-state index in [2.05, 4.69) is 37.7 Å². The first kappa shape index (κ1) is 8.42. The molecule has 0 spiro atoms. The average molecular weight is 288 g/mol. The molecule has 2 aromatic rings. The fourth-order valence-corrected chi connectivity index (χ4v) is 1.30. The van der Waals surface area contributed by atoms with Crippen molar-refractivity contribution in [3.63, 3.8) is 0 Å². The molecule has 1 N–H and O–H groups in total. The van der Waals surface area contributed by atoms with Gasteiger partial charge in [0.1, 0.15) is 0 Å². The van der Waals surface area contributed by atoms with Gasteiger partial charge in [0, 0.05) is 12.3 Å². The minimum Gasteiger partial charge on any atom is -0.313 e. The molecule has 0 radical (unpaired) electrons. The fourth-order valence-electron chi connectivity index (χ4n) is 0.910. The maximum Gasteiger partial charge on any atom is 0.252 e. The van der Waals surface area contributed by atoms with Crippen molar-refractivity contribution in [2.45, 2.75) is 0 Å². The second-order valence-electron chi connectivity index (χ2n) is 2.37. The van der Waals surface area contributed by atoms with Gasteiger partial charge in [0.2, 0.25) is 0 Å². The summed E-state index contributed by atoms with van der Waals surface area (Å²) in [6.45, 7) is 0. The topological polar surface area (TPSA) is 63.6 Å². The van der Waals surface area contributed by atoms with E-state index in [1.54, 1.807) is 17.1 Å². The Labute approximate surface area is 87.0 Å². The van der Waals surface area contributed by atoms with Gasteiger partial charge in [-0.15, -0.1) is 0 Å². The molecule has 2 heterocycles. The van der Waals surface area contributed by atoms with E-state index in [0.29, 0.717) is 5.82 Å². The number of hydrogen-bond acceptors (Lipinski definition) is 3. The van der Waals surface area contributed by atoms with E-state index < -0.39 is 0 Å². The standard InChI is InChI=1S/C7H5IN4O/c8-5-2-11-12(3-5)6-1-7(13)10-4-9-6/h1-4H,(H,9,10,13). The molecule has 5 nitrogen and oxygen atoms in total. The maximum absolute atomic E-state index is 10.9. The number of nitrogens with one attached hydrogen (secondary N) is 1. The average Bonchev–Trinajstić information content (AvgIpc) is 2.52. The summed E-state index contributed by atoms with van der Waals surface area (Å²) in [5.41, 5.74) is -0.185. The Morgan fingerprint density at radius 3 is 3.00 bits per heavy atom. The van der Waals surface area contributed by atoms with Crippen LogP contribution in [-0.2, 0) is 0 Å². The molecule has 0 unspecified atom stereocenters. The van der Waals surface area contributed by atoms with E-state index in [-0.39, 0.29) is 5.56 Å². The smallest absolute Gasteiger partial charge is 0.252 e. The highest BCUT2D eigenvalue weighted by Gasteiger charge is 1.99. The third-order valence-electron chi connectivity index (χ3n) is 1.45. The summed E-state index contributed by atoms with van der Waals surface area (Å²) in [6, 6.07) is 1.39. The predicted octanol–water partition coefficient (Wildman–Crippen LogP) is 0.560. The van der Waals surface area contributed by atoms with Crippen molar-refractivity contribution in [3.8, 4) is 5.82 Å². The van der Waals surface area contributed by atoms with E-state index in [0.717, 1.165) is 3.57 Å². The molecule has 0 saturated heterocycles. The van der Waals surface area contributed by atoms with Crippen molar-refractivity contribution >= 4 is 22.6 Å². The molecule has 0 aromatic carbocycles. The van der Waals surface area contributed by atoms with Gasteiger partial charge in [-0.25, -0.2) is 9.67 Å². The highest BCUT2D eigenvalue weighted by molar-refractivity contribution is 14.1. The van der Waals surface area contributed by atoms with Gasteiger partial charge in [0.05, 0.1) is 16.1 Å². The van der Waals surface area contributed by atoms with E-state index in [1.807, 2.05) is 0 Å². The summed E-state index contributed by atoms with van der Waals surface area (Å²) in [7, 11) is 0. The van der Waals surface area contributed by atoms with Crippen LogP contribution < -0.4 is 5.56 Å². The number of hydrogen-bond donors (Lipinski definition) is 1. The Balaban J connectivity index is 2.52. The zero-order valence-corrected chi connectivity index (χ0v) is 8.59. The molecule has 0 fully saturated rings. The maximum atomic E-state index is 10.9. The zero-order chi connectivity index (χ0) is 9.26. The lowest BCUT2D eigenvalue weighted by molar-refractivity contribution is 0.835. The Hall–Kier alpha value is -1.18. The molecule has 0 aliphatic carbocycles. The fraction of sp³-hybridized carbons (Fsp3) is 0. The molecule has 66 valence electrons. The summed E-state index contributed by atoms with van der Waals surface area (Å²) in [6.07, 6.45) is 4.85. The molecule has 0 aliphatic heterocycles. The SMILES string of the molecule is O=c1cc(-n2cc(I)cn2)nc[nH]1. The quantitative estimate of drug-likeness (QED) is 0.780. The lowest BCUT2D eigenvalue weighted by Crippen LogP contribution is -2.08. The van der Waals surface area contributed by atoms with Crippen LogP contribution in [-0.4, -0.2) is 19.7 Å². The molecule has 2 aromatic heterocycles. The van der Waals surface area contributed by atoms with Crippen LogP contribution in [0.5, 0.6) is 0 Å². The Morgan fingerprint density at radius 2 is 2.38 bits per heavy atom. The number of aromatic nitrogens is 4. The van der Waals surface area contributed by atoms with Crippen molar-refractivity contribution in [2.24, 2.45) is 0 Å². The monoisotopic (exact) mass is 288 g/mol. The van der Waals surface area contributed by atoms with Crippen LogP contribution >= 0.6 is 22.6 Å². The highest BCUT2D eigenvalue weighted by Crippen LogP contribution is 2.04. The highest BCUT2D eigenvalue weighted by atomic mass is 127. The van der Waals surface area contributed by atoms with Gasteiger partial charge in [-0.05, 0) is 22.6 Å². The van der Waals surface area contributed by atoms with Crippen LogP contribution in [0.1, 0.15) is 0 Å². The summed E-state index contributed by atoms with van der Waals surface area (Å²) in [5.74, 6) is 0.520. The lowest BCUT2D eigenvalue weighted by atomic mass is 10.6. The normalized spacial score (nSPS) is 10.2. The first-order valence-electron chi connectivity index (χ1n) is 3.51. The minimum atomic E-state index is -0.185. The molecule has 13 heavy (non-hydrogen) atoms. The van der Waals surface area contributed by atoms with Crippen LogP contribution in [0.4, 0.5) is 0 Å². The van der Waals surface area contributed by atoms with Gasteiger partial charge in [0.15, 0.2) is 5.82 Å². The van der Waals surface area contributed by atoms with Gasteiger partial charge < -0.3 is 4.98 Å². The van der Waals surface area contributed by atoms with Gasteiger partial charge in [-0.2, -0.15) is 5.10 Å². The first-order valence-corrected chi connectivity index (χ1v) is 4.59. The van der Waals surface area contributed by atoms with Gasteiger partial charge in [0.25, 0.3) is 5.56 Å². The Morgan fingerprint density at radius 1 is 1.54 bits per heavy atom. The molecule has 0 bridgehead atoms. The second-order valence-corrected chi connectivity index (χ2v) is 3.62. The van der Waals surface area contributed by atoms with E-state index in [4.69, 9.17) is 0 Å². The van der Waals surface area contributed by atoms with Gasteiger partial charge in [-0.3, -0.25) is 4.79 Å². The van der Waals surface area contributed by atoms with Crippen molar-refractivity contribution in [1.82, 2.24) is 19.7 Å². The van der Waals surface area contributed by atoms with Gasteiger partial charge in [-0.1, -0.05) is 0 Å². The Kier molecular flexibility index (Phi) is 2.13. The summed E-state index contributed by atoms with van der Waals surface area (Å²) < 4.78 is 2.55. The molecule has 0 amide bonds. The van der Waals surface area contributed by atoms with Crippen molar-refractivity contribution < 1.29 is 0 Å². The molecule has 0 atom stereocenters. The summed E-state index contributed by atoms with van der Waals surface area (Å²) in [4.78, 5) is 17.3. The van der Waals surface area contributed by atoms with Crippen molar-refractivity contribution in [1.29, 1.82) is 0 Å². The number of aromatic amines is 1. The van der Waals surface area contributed by atoms with Crippen LogP contribution in [0.25, 0.3) is 5.82 Å². The first-order chi connectivity index (χ1) is 6.25. The number of rotatable bonds is 1. The summed E-state index contributed by atoms with van der Waals surface area (Å²) in [5, 5.41) is 4.02. The molecule has 2 rings (SSSR count). The largest absolute Gasteiger partial charge is 0.313 e. The number of halogens is 1. The molecular formula is C7H5IN4O. The van der Waals surface area contributed by atoms with Crippen molar-refractivity contribution in [2.75, 3.05) is 0 Å². The van der Waals surface area contributed by atoms with Crippen LogP contribution in [0, 0.1) is 3.57 Å². The summed E-state index contributed by atoms with van der Waals surface area (Å²) >= 11 is 2.14. The molecule has 6 heteroatoms. The third kappa shape index (κ3) is 1.77. The Bertz CT molecular complexity index is 475. The molecule has 0 saturated carbocycles. The van der Waals surface area contributed by atoms with Crippen LogP contribution in [0.15, 0.2) is 29.6 Å². The second kappa shape index (κ2) is 3.29. The van der Waals surface area contributed by atoms with Crippen LogP contribution in [0.3, 0.4) is 0 Å². The predicted molar refractivity (Wildman–Crippen MR) is 54.7 cm³/mol. The number of nitrogens with zero attached hydrogens (tertiary/aromatic N) is 3. The van der Waals surface area contributed by atoms with Gasteiger partial charge >= 0.3 is 0 Å². The molecular weight excluding hydrogens is 283 g/mol. The third-order valence-corrected chi connectivity index (χ3v) is 2.01. The molecule has 0 aliphatic rings. The van der Waals surface area contributed by atoms with E-state index in [1.165, 1.54) is 12.4 Å². The lowest BCUT2D eigenvalue weighted by Gasteiger charge is -1.96. The van der Waals surface area contributed by atoms with E-state index >= 15 is 0 Å². The van der Waals surface area contributed by atoms with E-state index in [9.17, 15) is 4.79 Å². The number of H-pyrrole nitrogens is 1.